The molecule has 0 spiro atoms. The molecule has 0 aliphatic heterocycles. The second-order valence-corrected chi connectivity index (χ2v) is 6.06. The third kappa shape index (κ3) is 2.12. The molecular weight excluding hydrogens is 270 g/mol. The number of aliphatic hydroxyl groups is 1. The van der Waals surface area contributed by atoms with Gasteiger partial charge in [0, 0.05) is 17.7 Å². The third-order valence-electron chi connectivity index (χ3n) is 4.48. The number of nitro benzene ring substituents is 1. The van der Waals surface area contributed by atoms with Gasteiger partial charge in [-0.2, -0.15) is 0 Å². The van der Waals surface area contributed by atoms with Crippen LogP contribution in [0.1, 0.15) is 20.3 Å². The molecule has 2 atom stereocenters. The van der Waals surface area contributed by atoms with E-state index < -0.39 is 0 Å². The van der Waals surface area contributed by atoms with E-state index in [4.69, 9.17) is 0 Å². The number of nitro groups is 1. The van der Waals surface area contributed by atoms with E-state index in [1.807, 2.05) is 13.8 Å². The summed E-state index contributed by atoms with van der Waals surface area (Å²) in [6.45, 7) is 3.90. The molecule has 110 valence electrons. The van der Waals surface area contributed by atoms with E-state index in [1.165, 1.54) is 0 Å². The lowest BCUT2D eigenvalue weighted by molar-refractivity contribution is -0.382. The molecule has 1 heterocycles. The Morgan fingerprint density at radius 2 is 2.19 bits per heavy atom. The molecule has 3 rings (SSSR count). The summed E-state index contributed by atoms with van der Waals surface area (Å²) in [7, 11) is 0. The highest BCUT2D eigenvalue weighted by Gasteiger charge is 2.47. The minimum atomic E-state index is -0.381. The summed E-state index contributed by atoms with van der Waals surface area (Å²) in [5, 5.41) is 25.0. The Hall–Kier alpha value is -2.21. The molecule has 1 aliphatic carbocycles. The highest BCUT2D eigenvalue weighted by molar-refractivity contribution is 5.94. The summed E-state index contributed by atoms with van der Waals surface area (Å²) in [6.07, 6.45) is 1.83. The van der Waals surface area contributed by atoms with Gasteiger partial charge in [0.05, 0.1) is 21.9 Å². The van der Waals surface area contributed by atoms with E-state index in [-0.39, 0.29) is 28.2 Å². The highest BCUT2D eigenvalue weighted by Crippen LogP contribution is 2.44. The molecule has 1 saturated carbocycles. The van der Waals surface area contributed by atoms with Crippen LogP contribution in [0.15, 0.2) is 30.5 Å². The summed E-state index contributed by atoms with van der Waals surface area (Å²) < 4.78 is 0. The van der Waals surface area contributed by atoms with Crippen molar-refractivity contribution < 1.29 is 10.0 Å². The predicted octanol–water partition coefficient (Wildman–Crippen LogP) is 2.71. The number of nitrogens with zero attached hydrogens (tertiary/aromatic N) is 2. The predicted molar refractivity (Wildman–Crippen MR) is 80.2 cm³/mol. The molecule has 2 unspecified atom stereocenters. The van der Waals surface area contributed by atoms with Gasteiger partial charge in [-0.15, -0.1) is 0 Å². The monoisotopic (exact) mass is 287 g/mol. The first kappa shape index (κ1) is 13.8. The van der Waals surface area contributed by atoms with Crippen LogP contribution in [0.3, 0.4) is 0 Å². The van der Waals surface area contributed by atoms with Crippen molar-refractivity contribution in [1.29, 1.82) is 0 Å². The number of rotatable bonds is 3. The number of pyridine rings is 1. The van der Waals surface area contributed by atoms with Gasteiger partial charge in [0.2, 0.25) is 0 Å². The normalized spacial score (nSPS) is 23.6. The van der Waals surface area contributed by atoms with Crippen molar-refractivity contribution in [3.63, 3.8) is 0 Å². The first-order chi connectivity index (χ1) is 9.91. The van der Waals surface area contributed by atoms with Gasteiger partial charge in [-0.1, -0.05) is 13.8 Å². The average Bonchev–Trinajstić information content (AvgIpc) is 2.46. The van der Waals surface area contributed by atoms with Crippen molar-refractivity contribution in [2.24, 2.45) is 5.41 Å². The first-order valence-corrected chi connectivity index (χ1v) is 6.88. The van der Waals surface area contributed by atoms with Crippen LogP contribution in [0.2, 0.25) is 0 Å². The molecule has 2 aromatic rings. The van der Waals surface area contributed by atoms with Crippen molar-refractivity contribution >= 4 is 22.3 Å². The van der Waals surface area contributed by atoms with E-state index in [1.54, 1.807) is 30.5 Å². The van der Waals surface area contributed by atoms with Gasteiger partial charge in [-0.05, 0) is 30.7 Å². The molecule has 0 amide bonds. The summed E-state index contributed by atoms with van der Waals surface area (Å²) in [6, 6.07) is 6.86. The van der Waals surface area contributed by atoms with Gasteiger partial charge in [0.1, 0.15) is 5.69 Å². The van der Waals surface area contributed by atoms with E-state index in [2.05, 4.69) is 10.3 Å². The molecule has 1 aromatic heterocycles. The topological polar surface area (TPSA) is 88.3 Å². The minimum Gasteiger partial charge on any atom is -0.392 e. The van der Waals surface area contributed by atoms with E-state index in [0.29, 0.717) is 23.0 Å². The van der Waals surface area contributed by atoms with Gasteiger partial charge in [-0.3, -0.25) is 15.1 Å². The van der Waals surface area contributed by atoms with Crippen LogP contribution in [0.25, 0.3) is 10.9 Å². The number of aliphatic hydroxyl groups excluding tert-OH is 1. The Morgan fingerprint density at radius 1 is 1.43 bits per heavy atom. The molecule has 0 saturated heterocycles. The molecular formula is C15H17N3O3. The average molecular weight is 287 g/mol. The number of hydrogen-bond donors (Lipinski definition) is 2. The lowest BCUT2D eigenvalue weighted by Crippen LogP contribution is -2.56. The lowest BCUT2D eigenvalue weighted by Gasteiger charge is -2.49. The summed E-state index contributed by atoms with van der Waals surface area (Å²) >= 11 is 0. The maximum Gasteiger partial charge on any atom is 0.301 e. The van der Waals surface area contributed by atoms with E-state index in [9.17, 15) is 15.2 Å². The molecule has 0 radical (unpaired) electrons. The lowest BCUT2D eigenvalue weighted by atomic mass is 9.64. The van der Waals surface area contributed by atoms with Crippen LogP contribution in [0.5, 0.6) is 0 Å². The molecule has 21 heavy (non-hydrogen) atoms. The Kier molecular flexibility index (Phi) is 3.06. The zero-order valence-electron chi connectivity index (χ0n) is 11.9. The second-order valence-electron chi connectivity index (χ2n) is 6.06. The minimum absolute atomic E-state index is 0.0142. The Labute approximate surface area is 122 Å². The Morgan fingerprint density at radius 3 is 2.81 bits per heavy atom. The summed E-state index contributed by atoms with van der Waals surface area (Å²) in [5.74, 6) is 0. The van der Waals surface area contributed by atoms with E-state index >= 15 is 0 Å². The molecule has 6 heteroatoms. The van der Waals surface area contributed by atoms with Crippen LogP contribution < -0.4 is 5.32 Å². The van der Waals surface area contributed by atoms with Crippen LogP contribution >= 0.6 is 0 Å². The smallest absolute Gasteiger partial charge is 0.301 e. The number of aromatic nitrogens is 1. The number of anilines is 1. The van der Waals surface area contributed by atoms with Crippen LogP contribution in [-0.2, 0) is 0 Å². The maximum absolute atomic E-state index is 11.4. The van der Waals surface area contributed by atoms with Crippen molar-refractivity contribution in [3.8, 4) is 0 Å². The second kappa shape index (κ2) is 4.66. The number of benzene rings is 1. The van der Waals surface area contributed by atoms with Gasteiger partial charge < -0.3 is 10.4 Å². The zero-order valence-corrected chi connectivity index (χ0v) is 11.9. The number of nitrogens with one attached hydrogen (secondary N) is 1. The molecule has 1 fully saturated rings. The Balaban J connectivity index is 2.03. The molecule has 2 N–H and O–H groups in total. The van der Waals surface area contributed by atoms with Gasteiger partial charge in [0.15, 0.2) is 0 Å². The first-order valence-electron chi connectivity index (χ1n) is 6.88. The van der Waals surface area contributed by atoms with Crippen LogP contribution in [-0.4, -0.2) is 27.2 Å². The largest absolute Gasteiger partial charge is 0.392 e. The molecule has 1 aliphatic rings. The quantitative estimate of drug-likeness (QED) is 0.669. The Bertz CT molecular complexity index is 714. The third-order valence-corrected chi connectivity index (χ3v) is 4.48. The maximum atomic E-state index is 11.4. The summed E-state index contributed by atoms with van der Waals surface area (Å²) in [5.41, 5.74) is 0.823. The van der Waals surface area contributed by atoms with Gasteiger partial charge >= 0.3 is 5.69 Å². The molecule has 1 aromatic carbocycles. The molecule has 0 bridgehead atoms. The fourth-order valence-electron chi connectivity index (χ4n) is 2.79. The number of fused-ring (bicyclic) bond motifs is 1. The zero-order chi connectivity index (χ0) is 15.2. The molecule has 6 nitrogen and oxygen atoms in total. The van der Waals surface area contributed by atoms with Gasteiger partial charge in [0.25, 0.3) is 0 Å². The van der Waals surface area contributed by atoms with Crippen molar-refractivity contribution in [1.82, 2.24) is 4.98 Å². The van der Waals surface area contributed by atoms with Gasteiger partial charge in [-0.25, -0.2) is 0 Å². The number of hydrogen-bond acceptors (Lipinski definition) is 5. The van der Waals surface area contributed by atoms with Crippen molar-refractivity contribution in [3.05, 3.63) is 40.6 Å². The summed E-state index contributed by atoms with van der Waals surface area (Å²) in [4.78, 5) is 15.2. The SMILES string of the molecule is CC1(C)C(O)CC1Nc1ccc2ncccc2c1[N+](=O)[O-]. The van der Waals surface area contributed by atoms with Crippen molar-refractivity contribution in [2.75, 3.05) is 5.32 Å². The van der Waals surface area contributed by atoms with E-state index in [0.717, 1.165) is 0 Å². The van der Waals surface area contributed by atoms with Crippen LogP contribution in [0.4, 0.5) is 11.4 Å². The fourth-order valence-corrected chi connectivity index (χ4v) is 2.79. The fraction of sp³-hybridized carbons (Fsp3) is 0.400. The van der Waals surface area contributed by atoms with Crippen molar-refractivity contribution in [2.45, 2.75) is 32.4 Å². The highest BCUT2D eigenvalue weighted by atomic mass is 16.6. The standard InChI is InChI=1S/C15H17N3O3/c1-15(2)12(8-13(15)19)17-11-6-5-10-9(4-3-7-16-10)14(11)18(20)21/h3-7,12-13,17,19H,8H2,1-2H3. The van der Waals surface area contributed by atoms with Crippen LogP contribution in [0, 0.1) is 15.5 Å².